The number of piperidine rings is 1. The first-order valence-electron chi connectivity index (χ1n) is 10.8. The number of hydrogen-bond acceptors (Lipinski definition) is 5. The summed E-state index contributed by atoms with van der Waals surface area (Å²) >= 11 is 0. The molecule has 0 N–H and O–H groups in total. The maximum Gasteiger partial charge on any atom is 0.338 e. The fourth-order valence-electron chi connectivity index (χ4n) is 4.82. The van der Waals surface area contributed by atoms with Gasteiger partial charge < -0.3 is 9.47 Å². The van der Waals surface area contributed by atoms with Crippen LogP contribution in [0.3, 0.4) is 0 Å². The molecule has 2 aliphatic rings. The minimum absolute atomic E-state index is 0.0685. The first kappa shape index (κ1) is 20.6. The highest BCUT2D eigenvalue weighted by Crippen LogP contribution is 2.40. The Morgan fingerprint density at radius 2 is 1.70 bits per heavy atom. The number of carbonyl (C=O) groups excluding carboxylic acids is 2. The SMILES string of the molecule is CN1C2CC[C@@H]1C[C@H](OC(=O)c1ccccc1)C2C(=O)OCCCc1ccccc1. The Hall–Kier alpha value is -2.66. The van der Waals surface area contributed by atoms with Crippen LogP contribution >= 0.6 is 0 Å². The van der Waals surface area contributed by atoms with E-state index in [1.165, 1.54) is 5.56 Å². The van der Waals surface area contributed by atoms with Crippen LogP contribution in [0.15, 0.2) is 60.7 Å². The summed E-state index contributed by atoms with van der Waals surface area (Å²) in [6.45, 7) is 0.378. The zero-order valence-corrected chi connectivity index (χ0v) is 17.4. The molecule has 5 heteroatoms. The molecule has 2 aromatic carbocycles. The number of hydrogen-bond donors (Lipinski definition) is 0. The smallest absolute Gasteiger partial charge is 0.338 e. The Kier molecular flexibility index (Phi) is 6.48. The van der Waals surface area contributed by atoms with Gasteiger partial charge in [-0.1, -0.05) is 48.5 Å². The Morgan fingerprint density at radius 1 is 1.00 bits per heavy atom. The highest BCUT2D eigenvalue weighted by Gasteiger charge is 2.51. The normalized spacial score (nSPS) is 25.6. The lowest BCUT2D eigenvalue weighted by atomic mass is 9.87. The minimum atomic E-state index is -0.437. The molecule has 30 heavy (non-hydrogen) atoms. The standard InChI is InChI=1S/C25H29NO4/c1-26-20-14-15-21(26)23(22(17-20)30-24(27)19-12-6-3-7-13-19)25(28)29-16-8-11-18-9-4-2-5-10-18/h2-7,9-10,12-13,20-23H,8,11,14-17H2,1H3/t20-,21?,22+,23?/m1/s1. The summed E-state index contributed by atoms with van der Waals surface area (Å²) in [5, 5.41) is 0. The minimum Gasteiger partial charge on any atom is -0.465 e. The highest BCUT2D eigenvalue weighted by molar-refractivity contribution is 5.89. The summed E-state index contributed by atoms with van der Waals surface area (Å²) in [4.78, 5) is 27.9. The fourth-order valence-corrected chi connectivity index (χ4v) is 4.82. The quantitative estimate of drug-likeness (QED) is 0.515. The number of fused-ring (bicyclic) bond motifs is 2. The predicted octanol–water partition coefficient (Wildman–Crippen LogP) is 3.87. The molecule has 2 aliphatic heterocycles. The number of nitrogens with zero attached hydrogens (tertiary/aromatic N) is 1. The van der Waals surface area contributed by atoms with Crippen molar-refractivity contribution in [2.75, 3.05) is 13.7 Å². The Bertz CT molecular complexity index is 854. The molecule has 5 nitrogen and oxygen atoms in total. The van der Waals surface area contributed by atoms with Crippen molar-refractivity contribution in [3.63, 3.8) is 0 Å². The number of carbonyl (C=O) groups is 2. The van der Waals surface area contributed by atoms with Gasteiger partial charge in [0.1, 0.15) is 12.0 Å². The molecular weight excluding hydrogens is 378 g/mol. The van der Waals surface area contributed by atoms with Crippen molar-refractivity contribution in [2.45, 2.75) is 50.3 Å². The number of esters is 2. The lowest BCUT2D eigenvalue weighted by Crippen LogP contribution is -2.53. The van der Waals surface area contributed by atoms with Crippen molar-refractivity contribution in [1.29, 1.82) is 0 Å². The lowest BCUT2D eigenvalue weighted by molar-refractivity contribution is -0.159. The van der Waals surface area contributed by atoms with Gasteiger partial charge in [0.15, 0.2) is 0 Å². The van der Waals surface area contributed by atoms with E-state index in [-0.39, 0.29) is 18.0 Å². The molecule has 2 saturated heterocycles. The van der Waals surface area contributed by atoms with Gasteiger partial charge in [-0.2, -0.15) is 0 Å². The van der Waals surface area contributed by atoms with E-state index >= 15 is 0 Å². The molecular formula is C25H29NO4. The second-order valence-corrected chi connectivity index (χ2v) is 8.29. The van der Waals surface area contributed by atoms with Crippen LogP contribution in [0.4, 0.5) is 0 Å². The third kappa shape index (κ3) is 4.57. The van der Waals surface area contributed by atoms with Crippen LogP contribution in [0.5, 0.6) is 0 Å². The fraction of sp³-hybridized carbons (Fsp3) is 0.440. The zero-order valence-electron chi connectivity index (χ0n) is 17.4. The molecule has 4 rings (SSSR count). The summed E-state index contributed by atoms with van der Waals surface area (Å²) in [5.74, 6) is -1.05. The molecule has 2 heterocycles. The number of benzene rings is 2. The average Bonchev–Trinajstić information content (AvgIpc) is 3.01. The monoisotopic (exact) mass is 407 g/mol. The van der Waals surface area contributed by atoms with Crippen molar-refractivity contribution >= 4 is 11.9 Å². The van der Waals surface area contributed by atoms with Gasteiger partial charge in [0.05, 0.1) is 12.2 Å². The molecule has 0 saturated carbocycles. The van der Waals surface area contributed by atoms with Gasteiger partial charge in [-0.25, -0.2) is 4.79 Å². The molecule has 0 aliphatic carbocycles. The van der Waals surface area contributed by atoms with E-state index in [1.54, 1.807) is 12.1 Å². The first-order chi connectivity index (χ1) is 14.6. The van der Waals surface area contributed by atoms with Gasteiger partial charge in [0.2, 0.25) is 0 Å². The molecule has 2 fully saturated rings. The van der Waals surface area contributed by atoms with Gasteiger partial charge >= 0.3 is 11.9 Å². The molecule has 0 amide bonds. The highest BCUT2D eigenvalue weighted by atomic mass is 16.6. The Labute approximate surface area is 178 Å². The maximum atomic E-state index is 13.0. The second-order valence-electron chi connectivity index (χ2n) is 8.29. The largest absolute Gasteiger partial charge is 0.465 e. The van der Waals surface area contributed by atoms with Gasteiger partial charge in [-0.15, -0.1) is 0 Å². The molecule has 0 aromatic heterocycles. The maximum absolute atomic E-state index is 13.0. The molecule has 0 radical (unpaired) electrons. The summed E-state index contributed by atoms with van der Waals surface area (Å²) in [6.07, 6.45) is 3.85. The van der Waals surface area contributed by atoms with Crippen molar-refractivity contribution in [3.8, 4) is 0 Å². The van der Waals surface area contributed by atoms with Crippen molar-refractivity contribution < 1.29 is 19.1 Å². The van der Waals surface area contributed by atoms with E-state index in [1.807, 2.05) is 36.4 Å². The van der Waals surface area contributed by atoms with Crippen LogP contribution in [0.2, 0.25) is 0 Å². The summed E-state index contributed by atoms with van der Waals surface area (Å²) < 4.78 is 11.5. The first-order valence-corrected chi connectivity index (χ1v) is 10.8. The summed E-state index contributed by atoms with van der Waals surface area (Å²) in [5.41, 5.74) is 1.75. The topological polar surface area (TPSA) is 55.8 Å². The van der Waals surface area contributed by atoms with Crippen molar-refractivity contribution in [2.24, 2.45) is 5.92 Å². The van der Waals surface area contributed by atoms with Gasteiger partial charge in [0, 0.05) is 18.5 Å². The molecule has 2 unspecified atom stereocenters. The molecule has 2 aromatic rings. The third-order valence-electron chi connectivity index (χ3n) is 6.45. The Morgan fingerprint density at radius 3 is 2.43 bits per heavy atom. The summed E-state index contributed by atoms with van der Waals surface area (Å²) in [7, 11) is 2.06. The van der Waals surface area contributed by atoms with Gasteiger partial charge in [-0.05, 0) is 50.4 Å². The van der Waals surface area contributed by atoms with Crippen molar-refractivity contribution in [3.05, 3.63) is 71.8 Å². The van der Waals surface area contributed by atoms with Crippen LogP contribution in [0, 0.1) is 5.92 Å². The van der Waals surface area contributed by atoms with Crippen LogP contribution in [0.25, 0.3) is 0 Å². The molecule has 0 spiro atoms. The van der Waals surface area contributed by atoms with E-state index in [4.69, 9.17) is 9.47 Å². The summed E-state index contributed by atoms with van der Waals surface area (Å²) in [6, 6.07) is 19.6. The van der Waals surface area contributed by atoms with Gasteiger partial charge in [-0.3, -0.25) is 9.69 Å². The number of aryl methyl sites for hydroxylation is 1. The molecule has 2 bridgehead atoms. The second kappa shape index (κ2) is 9.43. The van der Waals surface area contributed by atoms with Gasteiger partial charge in [0.25, 0.3) is 0 Å². The van der Waals surface area contributed by atoms with E-state index in [0.29, 0.717) is 24.6 Å². The van der Waals surface area contributed by atoms with E-state index in [2.05, 4.69) is 24.1 Å². The molecule has 158 valence electrons. The number of rotatable bonds is 7. The Balaban J connectivity index is 1.38. The predicted molar refractivity (Wildman–Crippen MR) is 114 cm³/mol. The number of ether oxygens (including phenoxy) is 2. The van der Waals surface area contributed by atoms with Crippen LogP contribution in [-0.4, -0.2) is 48.7 Å². The van der Waals surface area contributed by atoms with E-state index in [0.717, 1.165) is 25.7 Å². The zero-order chi connectivity index (χ0) is 20.9. The van der Waals surface area contributed by atoms with Crippen LogP contribution in [0.1, 0.15) is 41.6 Å². The van der Waals surface area contributed by atoms with Crippen LogP contribution < -0.4 is 0 Å². The lowest BCUT2D eigenvalue weighted by Gasteiger charge is -2.40. The van der Waals surface area contributed by atoms with Crippen molar-refractivity contribution in [1.82, 2.24) is 4.90 Å². The molecule has 4 atom stereocenters. The third-order valence-corrected chi connectivity index (χ3v) is 6.45. The van der Waals surface area contributed by atoms with E-state index < -0.39 is 12.0 Å². The van der Waals surface area contributed by atoms with Crippen LogP contribution in [-0.2, 0) is 20.7 Å². The van der Waals surface area contributed by atoms with E-state index in [9.17, 15) is 9.59 Å². The average molecular weight is 408 g/mol.